The van der Waals surface area contributed by atoms with Crippen molar-refractivity contribution >= 4 is 17.9 Å². The first-order valence-corrected chi connectivity index (χ1v) is 25.2. The Morgan fingerprint density at radius 3 is 1.03 bits per heavy atom. The number of hydrogen-bond acceptors (Lipinski definition) is 6. The number of carbonyl (C=O) groups is 3. The molecular formula is C57H90O6. The van der Waals surface area contributed by atoms with Gasteiger partial charge in [0.1, 0.15) is 13.2 Å². The van der Waals surface area contributed by atoms with E-state index in [4.69, 9.17) is 14.2 Å². The first-order chi connectivity index (χ1) is 31.0. The molecule has 0 heterocycles. The fraction of sp³-hybridized carbons (Fsp3) is 0.596. The Morgan fingerprint density at radius 1 is 0.333 bits per heavy atom. The SMILES string of the molecule is CC/C=C/C=C/C=C/C=C/C=C/CCCCCC(=O)OC(COC(=O)CCCCC/C=C/C=C/C=C/C=C/CC)COC(=O)CCCCCCCCC/C=C/CCCCCCCC. The monoisotopic (exact) mass is 871 g/mol. The maximum atomic E-state index is 12.8. The highest BCUT2D eigenvalue weighted by Gasteiger charge is 2.19. The fourth-order valence-corrected chi connectivity index (χ4v) is 6.41. The quantitative estimate of drug-likeness (QED) is 0.0200. The zero-order valence-corrected chi connectivity index (χ0v) is 40.3. The van der Waals surface area contributed by atoms with Gasteiger partial charge in [0.15, 0.2) is 6.10 Å². The number of allylic oxidation sites excluding steroid dienone is 20. The van der Waals surface area contributed by atoms with Gasteiger partial charge in [0.05, 0.1) is 0 Å². The van der Waals surface area contributed by atoms with Gasteiger partial charge < -0.3 is 14.2 Å². The molecule has 0 aliphatic rings. The van der Waals surface area contributed by atoms with Crippen LogP contribution in [0, 0.1) is 0 Å². The summed E-state index contributed by atoms with van der Waals surface area (Å²) in [5, 5.41) is 0. The average molecular weight is 871 g/mol. The molecule has 0 saturated carbocycles. The van der Waals surface area contributed by atoms with Crippen molar-refractivity contribution in [2.45, 2.75) is 207 Å². The Kier molecular flexibility index (Phi) is 47.1. The number of hydrogen-bond donors (Lipinski definition) is 0. The van der Waals surface area contributed by atoms with Crippen LogP contribution in [0.4, 0.5) is 0 Å². The van der Waals surface area contributed by atoms with E-state index in [2.05, 4.69) is 57.2 Å². The Balaban J connectivity index is 4.53. The van der Waals surface area contributed by atoms with Crippen LogP contribution in [-0.2, 0) is 28.6 Å². The molecule has 0 aliphatic carbocycles. The van der Waals surface area contributed by atoms with Crippen molar-refractivity contribution in [3.8, 4) is 0 Å². The third kappa shape index (κ3) is 48.7. The normalized spacial score (nSPS) is 13.1. The lowest BCUT2D eigenvalue weighted by Gasteiger charge is -2.18. The lowest BCUT2D eigenvalue weighted by atomic mass is 10.1. The van der Waals surface area contributed by atoms with Crippen LogP contribution in [-0.4, -0.2) is 37.2 Å². The smallest absolute Gasteiger partial charge is 0.306 e. The van der Waals surface area contributed by atoms with Gasteiger partial charge in [-0.1, -0.05) is 219 Å². The van der Waals surface area contributed by atoms with Crippen molar-refractivity contribution in [2.75, 3.05) is 13.2 Å². The molecule has 63 heavy (non-hydrogen) atoms. The third-order valence-corrected chi connectivity index (χ3v) is 10.2. The fourth-order valence-electron chi connectivity index (χ4n) is 6.41. The van der Waals surface area contributed by atoms with Crippen LogP contribution in [0.5, 0.6) is 0 Å². The molecule has 0 bridgehead atoms. The van der Waals surface area contributed by atoms with E-state index in [9.17, 15) is 14.4 Å². The molecule has 0 fully saturated rings. The van der Waals surface area contributed by atoms with Crippen LogP contribution in [0.2, 0.25) is 0 Å². The minimum Gasteiger partial charge on any atom is -0.462 e. The van der Waals surface area contributed by atoms with Gasteiger partial charge in [-0.15, -0.1) is 0 Å². The van der Waals surface area contributed by atoms with Gasteiger partial charge in [0.25, 0.3) is 0 Å². The van der Waals surface area contributed by atoms with Crippen LogP contribution < -0.4 is 0 Å². The molecule has 6 nitrogen and oxygen atoms in total. The van der Waals surface area contributed by atoms with Gasteiger partial charge in [-0.3, -0.25) is 14.4 Å². The van der Waals surface area contributed by atoms with E-state index in [0.29, 0.717) is 19.3 Å². The Bertz CT molecular complexity index is 1370. The number of rotatable bonds is 43. The molecule has 0 amide bonds. The summed E-state index contributed by atoms with van der Waals surface area (Å²) in [5.74, 6) is -1.01. The van der Waals surface area contributed by atoms with Crippen LogP contribution in [0.1, 0.15) is 201 Å². The Hall–Kier alpha value is -4.19. The second-order valence-corrected chi connectivity index (χ2v) is 16.2. The predicted molar refractivity (Wildman–Crippen MR) is 269 cm³/mol. The van der Waals surface area contributed by atoms with Crippen LogP contribution >= 0.6 is 0 Å². The third-order valence-electron chi connectivity index (χ3n) is 10.2. The van der Waals surface area contributed by atoms with Crippen molar-refractivity contribution in [1.82, 2.24) is 0 Å². The highest BCUT2D eigenvalue weighted by Crippen LogP contribution is 2.13. The van der Waals surface area contributed by atoms with Crippen molar-refractivity contribution < 1.29 is 28.6 Å². The van der Waals surface area contributed by atoms with Gasteiger partial charge in [0.2, 0.25) is 0 Å². The summed E-state index contributed by atoms with van der Waals surface area (Å²) in [4.78, 5) is 37.9. The molecule has 0 aliphatic heterocycles. The summed E-state index contributed by atoms with van der Waals surface area (Å²) in [6.45, 7) is 6.25. The first-order valence-electron chi connectivity index (χ1n) is 25.2. The zero-order valence-electron chi connectivity index (χ0n) is 40.3. The van der Waals surface area contributed by atoms with E-state index in [-0.39, 0.29) is 37.5 Å². The highest BCUT2D eigenvalue weighted by molar-refractivity contribution is 5.71. The summed E-state index contributed by atoms with van der Waals surface area (Å²) in [6, 6.07) is 0. The van der Waals surface area contributed by atoms with E-state index in [1.54, 1.807) is 0 Å². The van der Waals surface area contributed by atoms with Gasteiger partial charge in [0, 0.05) is 19.3 Å². The molecule has 0 N–H and O–H groups in total. The highest BCUT2D eigenvalue weighted by atomic mass is 16.6. The molecule has 0 spiro atoms. The zero-order chi connectivity index (χ0) is 45.8. The molecule has 6 heteroatoms. The summed E-state index contributed by atoms with van der Waals surface area (Å²) < 4.78 is 16.7. The van der Waals surface area contributed by atoms with E-state index >= 15 is 0 Å². The van der Waals surface area contributed by atoms with Gasteiger partial charge in [-0.05, 0) is 83.5 Å². The molecular weight excluding hydrogens is 781 g/mol. The van der Waals surface area contributed by atoms with Crippen molar-refractivity contribution in [1.29, 1.82) is 0 Å². The van der Waals surface area contributed by atoms with E-state index < -0.39 is 6.10 Å². The lowest BCUT2D eigenvalue weighted by molar-refractivity contribution is -0.167. The van der Waals surface area contributed by atoms with Crippen molar-refractivity contribution in [2.24, 2.45) is 0 Å². The minimum atomic E-state index is -0.821. The van der Waals surface area contributed by atoms with Crippen LogP contribution in [0.15, 0.2) is 122 Å². The van der Waals surface area contributed by atoms with Crippen LogP contribution in [0.3, 0.4) is 0 Å². The summed E-state index contributed by atoms with van der Waals surface area (Å²) in [6.07, 6.45) is 69.0. The molecule has 0 aromatic carbocycles. The van der Waals surface area contributed by atoms with Crippen LogP contribution in [0.25, 0.3) is 0 Å². The maximum absolute atomic E-state index is 12.8. The predicted octanol–water partition coefficient (Wildman–Crippen LogP) is 16.5. The molecule has 1 unspecified atom stereocenters. The lowest BCUT2D eigenvalue weighted by Crippen LogP contribution is -2.30. The average Bonchev–Trinajstić information content (AvgIpc) is 3.28. The van der Waals surface area contributed by atoms with E-state index in [1.807, 2.05) is 85.1 Å². The number of ether oxygens (including phenoxy) is 3. The van der Waals surface area contributed by atoms with E-state index in [0.717, 1.165) is 77.0 Å². The molecule has 0 saturated heterocycles. The molecule has 0 aromatic rings. The maximum Gasteiger partial charge on any atom is 0.306 e. The topological polar surface area (TPSA) is 78.9 Å². The minimum absolute atomic E-state index is 0.114. The summed E-state index contributed by atoms with van der Waals surface area (Å²) >= 11 is 0. The number of carbonyl (C=O) groups excluding carboxylic acids is 3. The molecule has 0 rings (SSSR count). The summed E-state index contributed by atoms with van der Waals surface area (Å²) in [7, 11) is 0. The standard InChI is InChI=1S/C57H90O6/c1-4-7-10-13-16-19-22-25-27-28-30-32-35-38-41-44-47-50-56(59)62-53-54(52-61-55(58)49-46-43-40-37-34-31-24-21-18-15-12-9-6-3)63-57(60)51-48-45-42-39-36-33-29-26-23-20-17-14-11-8-5-2/h8-9,11-12,14-15,17-18,20-21,23-27,29,31,33-34,36,54H,4-7,10,13,16,19,22,28,30,32,35,37-53H2,1-3H3/b11-8+,12-9+,17-14+,18-15+,23-20+,24-21+,27-25+,29-26+,34-31+,36-33+. The second kappa shape index (κ2) is 50.5. The van der Waals surface area contributed by atoms with E-state index in [1.165, 1.54) is 77.0 Å². The largest absolute Gasteiger partial charge is 0.462 e. The molecule has 354 valence electrons. The first kappa shape index (κ1) is 58.8. The van der Waals surface area contributed by atoms with Gasteiger partial charge >= 0.3 is 17.9 Å². The van der Waals surface area contributed by atoms with Gasteiger partial charge in [-0.25, -0.2) is 0 Å². The molecule has 0 radical (unpaired) electrons. The summed E-state index contributed by atoms with van der Waals surface area (Å²) in [5.41, 5.74) is 0. The number of esters is 3. The molecule has 0 aromatic heterocycles. The van der Waals surface area contributed by atoms with Crippen molar-refractivity contribution in [3.63, 3.8) is 0 Å². The number of unbranched alkanes of at least 4 members (excludes halogenated alkanes) is 19. The second-order valence-electron chi connectivity index (χ2n) is 16.2. The van der Waals surface area contributed by atoms with Crippen molar-refractivity contribution in [3.05, 3.63) is 122 Å². The molecule has 1 atom stereocenters. The Morgan fingerprint density at radius 2 is 0.635 bits per heavy atom. The Labute approximate surface area is 386 Å². The van der Waals surface area contributed by atoms with Gasteiger partial charge in [-0.2, -0.15) is 0 Å².